The van der Waals surface area contributed by atoms with Gasteiger partial charge in [-0.3, -0.25) is 0 Å². The third kappa shape index (κ3) is 8.39. The summed E-state index contributed by atoms with van der Waals surface area (Å²) in [6.45, 7) is 0. The third-order valence-corrected chi connectivity index (χ3v) is 1.36. The minimum Gasteiger partial charge on any atom is -0.459 e. The van der Waals surface area contributed by atoms with Crippen LogP contribution in [0.5, 0.6) is 0 Å². The van der Waals surface area contributed by atoms with Gasteiger partial charge in [-0.15, -0.1) is 0 Å². The van der Waals surface area contributed by atoms with E-state index in [0.29, 0.717) is 19.3 Å². The first-order chi connectivity index (χ1) is 7.20. The third-order valence-electron chi connectivity index (χ3n) is 1.36. The van der Waals surface area contributed by atoms with Crippen LogP contribution in [0.25, 0.3) is 0 Å². The highest BCUT2D eigenvalue weighted by molar-refractivity contribution is 5.88. The van der Waals surface area contributed by atoms with Crippen molar-refractivity contribution >= 4 is 11.9 Å². The van der Waals surface area contributed by atoms with Crippen molar-refractivity contribution in [1.29, 1.82) is 0 Å². The zero-order valence-electron chi connectivity index (χ0n) is 8.75. The summed E-state index contributed by atoms with van der Waals surface area (Å²) in [6.07, 6.45) is 1.80. The van der Waals surface area contributed by atoms with Crippen molar-refractivity contribution < 1.29 is 19.1 Å². The molecule has 0 N–H and O–H groups in total. The molecular weight excluding hydrogens is 196 g/mol. The SMILES string of the molecule is COC(=O)C#CCCCC#CC(=O)OC. The Bertz CT molecular complexity index is 301. The van der Waals surface area contributed by atoms with Crippen LogP contribution in [-0.4, -0.2) is 26.2 Å². The Morgan fingerprint density at radius 2 is 1.33 bits per heavy atom. The van der Waals surface area contributed by atoms with Gasteiger partial charge in [0.15, 0.2) is 0 Å². The van der Waals surface area contributed by atoms with Gasteiger partial charge in [0.05, 0.1) is 14.2 Å². The smallest absolute Gasteiger partial charge is 0.384 e. The molecule has 0 aromatic carbocycles. The van der Waals surface area contributed by atoms with E-state index in [4.69, 9.17) is 0 Å². The molecule has 0 spiro atoms. The lowest BCUT2D eigenvalue weighted by Crippen LogP contribution is -1.94. The van der Waals surface area contributed by atoms with Gasteiger partial charge in [0.2, 0.25) is 0 Å². The normalized spacial score (nSPS) is 7.60. The summed E-state index contributed by atoms with van der Waals surface area (Å²) in [7, 11) is 2.55. The monoisotopic (exact) mass is 208 g/mol. The van der Waals surface area contributed by atoms with E-state index in [1.807, 2.05) is 0 Å². The van der Waals surface area contributed by atoms with Crippen LogP contribution >= 0.6 is 0 Å². The van der Waals surface area contributed by atoms with E-state index < -0.39 is 11.9 Å². The average molecular weight is 208 g/mol. The Kier molecular flexibility index (Phi) is 7.53. The molecule has 0 heterocycles. The number of carbonyl (C=O) groups excluding carboxylic acids is 2. The molecule has 0 aliphatic heterocycles. The van der Waals surface area contributed by atoms with Crippen LogP contribution in [0.1, 0.15) is 19.3 Å². The summed E-state index contributed by atoms with van der Waals surface area (Å²) in [5.41, 5.74) is 0. The van der Waals surface area contributed by atoms with E-state index in [1.165, 1.54) is 14.2 Å². The Morgan fingerprint density at radius 3 is 1.67 bits per heavy atom. The fourth-order valence-electron chi connectivity index (χ4n) is 0.637. The molecule has 0 atom stereocenters. The minimum absolute atomic E-state index is 0.546. The Balaban J connectivity index is 3.61. The Labute approximate surface area is 88.9 Å². The van der Waals surface area contributed by atoms with Gasteiger partial charge < -0.3 is 9.47 Å². The van der Waals surface area contributed by atoms with E-state index in [1.54, 1.807) is 0 Å². The number of ether oxygens (including phenoxy) is 2. The van der Waals surface area contributed by atoms with Gasteiger partial charge in [0, 0.05) is 24.7 Å². The molecule has 0 aromatic heterocycles. The lowest BCUT2D eigenvalue weighted by Gasteiger charge is -1.86. The predicted molar refractivity (Wildman–Crippen MR) is 53.4 cm³/mol. The summed E-state index contributed by atoms with van der Waals surface area (Å²) in [4.78, 5) is 21.1. The van der Waals surface area contributed by atoms with Crippen molar-refractivity contribution in [1.82, 2.24) is 0 Å². The van der Waals surface area contributed by atoms with Crippen LogP contribution in [0.2, 0.25) is 0 Å². The molecule has 4 nitrogen and oxygen atoms in total. The summed E-state index contributed by atoms with van der Waals surface area (Å²) < 4.78 is 8.64. The van der Waals surface area contributed by atoms with E-state index in [2.05, 4.69) is 33.2 Å². The summed E-state index contributed by atoms with van der Waals surface area (Å²) >= 11 is 0. The Hall–Kier alpha value is -1.94. The second-order valence-corrected chi connectivity index (χ2v) is 2.44. The second kappa shape index (κ2) is 8.65. The van der Waals surface area contributed by atoms with Gasteiger partial charge in [-0.1, -0.05) is 11.8 Å². The molecule has 0 aromatic rings. The molecule has 0 aliphatic carbocycles. The summed E-state index contributed by atoms with van der Waals surface area (Å²) in [6, 6.07) is 0. The molecule has 0 saturated heterocycles. The number of unbranched alkanes of at least 4 members (excludes halogenated alkanes) is 2. The molecule has 80 valence electrons. The number of hydrogen-bond donors (Lipinski definition) is 0. The molecule has 0 bridgehead atoms. The zero-order chi connectivity index (χ0) is 11.5. The molecule has 0 aliphatic rings. The molecule has 0 radical (unpaired) electrons. The topological polar surface area (TPSA) is 52.6 Å². The first kappa shape index (κ1) is 13.1. The van der Waals surface area contributed by atoms with Gasteiger partial charge in [0.25, 0.3) is 0 Å². The highest BCUT2D eigenvalue weighted by Gasteiger charge is 1.89. The van der Waals surface area contributed by atoms with Crippen LogP contribution in [0.15, 0.2) is 0 Å². The lowest BCUT2D eigenvalue weighted by atomic mass is 10.2. The maximum absolute atomic E-state index is 10.5. The quantitative estimate of drug-likeness (QED) is 0.287. The minimum atomic E-state index is -0.546. The van der Waals surface area contributed by atoms with Gasteiger partial charge >= 0.3 is 11.9 Å². The zero-order valence-corrected chi connectivity index (χ0v) is 8.75. The van der Waals surface area contributed by atoms with Gasteiger partial charge in [-0.25, -0.2) is 9.59 Å². The van der Waals surface area contributed by atoms with Gasteiger partial charge in [-0.2, -0.15) is 0 Å². The van der Waals surface area contributed by atoms with Crippen LogP contribution in [0.4, 0.5) is 0 Å². The molecule has 0 rings (SSSR count). The van der Waals surface area contributed by atoms with Crippen LogP contribution < -0.4 is 0 Å². The first-order valence-electron chi connectivity index (χ1n) is 4.34. The van der Waals surface area contributed by atoms with E-state index in [0.717, 1.165) is 0 Å². The molecule has 0 amide bonds. The fraction of sp³-hybridized carbons (Fsp3) is 0.455. The summed E-state index contributed by atoms with van der Waals surface area (Å²) in [5, 5.41) is 0. The molecule has 0 fully saturated rings. The van der Waals surface area contributed by atoms with E-state index >= 15 is 0 Å². The Morgan fingerprint density at radius 1 is 0.933 bits per heavy atom. The van der Waals surface area contributed by atoms with E-state index in [9.17, 15) is 9.59 Å². The number of methoxy groups -OCH3 is 2. The van der Waals surface area contributed by atoms with Crippen molar-refractivity contribution in [3.63, 3.8) is 0 Å². The molecule has 0 saturated carbocycles. The fourth-order valence-corrected chi connectivity index (χ4v) is 0.637. The number of hydrogen-bond acceptors (Lipinski definition) is 4. The van der Waals surface area contributed by atoms with E-state index in [-0.39, 0.29) is 0 Å². The van der Waals surface area contributed by atoms with Crippen molar-refractivity contribution in [2.45, 2.75) is 19.3 Å². The largest absolute Gasteiger partial charge is 0.459 e. The highest BCUT2D eigenvalue weighted by Crippen LogP contribution is 1.91. The molecule has 0 unspecified atom stereocenters. The van der Waals surface area contributed by atoms with Crippen LogP contribution in [0, 0.1) is 23.7 Å². The van der Waals surface area contributed by atoms with Crippen molar-refractivity contribution in [3.05, 3.63) is 0 Å². The summed E-state index contributed by atoms with van der Waals surface area (Å²) in [5.74, 6) is 8.75. The maximum atomic E-state index is 10.5. The standard InChI is InChI=1S/C11H12O4/c1-14-10(12)8-6-4-3-5-7-9-11(13)15-2/h3-5H2,1-2H3. The number of carbonyl (C=O) groups is 2. The maximum Gasteiger partial charge on any atom is 0.384 e. The first-order valence-corrected chi connectivity index (χ1v) is 4.34. The molecular formula is C11H12O4. The van der Waals surface area contributed by atoms with Crippen molar-refractivity contribution in [2.24, 2.45) is 0 Å². The predicted octanol–water partition coefficient (Wildman–Crippen LogP) is 0.509. The highest BCUT2D eigenvalue weighted by atomic mass is 16.5. The average Bonchev–Trinajstić information content (AvgIpc) is 2.26. The molecule has 4 heteroatoms. The number of esters is 2. The van der Waals surface area contributed by atoms with Crippen LogP contribution in [-0.2, 0) is 19.1 Å². The van der Waals surface area contributed by atoms with Gasteiger partial charge in [-0.05, 0) is 6.42 Å². The number of rotatable bonds is 2. The van der Waals surface area contributed by atoms with Crippen LogP contribution in [0.3, 0.4) is 0 Å². The van der Waals surface area contributed by atoms with Gasteiger partial charge in [0.1, 0.15) is 0 Å². The molecule has 15 heavy (non-hydrogen) atoms. The lowest BCUT2D eigenvalue weighted by molar-refractivity contribution is -0.134. The second-order valence-electron chi connectivity index (χ2n) is 2.44. The van der Waals surface area contributed by atoms with Crippen molar-refractivity contribution in [3.8, 4) is 23.7 Å². The van der Waals surface area contributed by atoms with Crippen molar-refractivity contribution in [2.75, 3.05) is 14.2 Å².